The summed E-state index contributed by atoms with van der Waals surface area (Å²) in [5.74, 6) is 0. The first-order chi connectivity index (χ1) is 8.57. The third-order valence-corrected chi connectivity index (χ3v) is 4.38. The monoisotopic (exact) mass is 256 g/mol. The van der Waals surface area contributed by atoms with Crippen molar-refractivity contribution in [3.63, 3.8) is 0 Å². The minimum absolute atomic E-state index is 1.03. The van der Waals surface area contributed by atoms with Gasteiger partial charge in [0.05, 0.1) is 0 Å². The molecule has 0 saturated heterocycles. The zero-order valence-electron chi connectivity index (χ0n) is 11.5. The topological polar surface area (TPSA) is 0 Å². The Morgan fingerprint density at radius 3 is 2.06 bits per heavy atom. The molecule has 0 saturated carbocycles. The van der Waals surface area contributed by atoms with Gasteiger partial charge in [0, 0.05) is 4.90 Å². The maximum atomic E-state index is 4.79. The van der Waals surface area contributed by atoms with Gasteiger partial charge in [-0.15, -0.1) is 12.6 Å². The van der Waals surface area contributed by atoms with Crippen LogP contribution in [-0.4, -0.2) is 0 Å². The van der Waals surface area contributed by atoms with Gasteiger partial charge in [-0.1, -0.05) is 37.3 Å². The highest BCUT2D eigenvalue weighted by molar-refractivity contribution is 7.80. The van der Waals surface area contributed by atoms with Gasteiger partial charge in [-0.05, 0) is 60.6 Å². The van der Waals surface area contributed by atoms with E-state index in [1.54, 1.807) is 0 Å². The fourth-order valence-electron chi connectivity index (χ4n) is 2.59. The zero-order valence-corrected chi connectivity index (χ0v) is 12.4. The van der Waals surface area contributed by atoms with E-state index in [4.69, 9.17) is 12.6 Å². The second-order valence-electron chi connectivity index (χ2n) is 4.80. The van der Waals surface area contributed by atoms with E-state index in [2.05, 4.69) is 58.0 Å². The normalized spacial score (nSPS) is 10.7. The number of rotatable bonds is 2. The van der Waals surface area contributed by atoms with E-state index in [-0.39, 0.29) is 0 Å². The Bertz CT molecular complexity index is 568. The lowest BCUT2D eigenvalue weighted by molar-refractivity contribution is 1.03. The van der Waals surface area contributed by atoms with Crippen LogP contribution in [0.2, 0.25) is 0 Å². The lowest BCUT2D eigenvalue weighted by Crippen LogP contribution is -2.00. The van der Waals surface area contributed by atoms with Crippen molar-refractivity contribution in [3.8, 4) is 11.1 Å². The van der Waals surface area contributed by atoms with E-state index < -0.39 is 0 Å². The van der Waals surface area contributed by atoms with Crippen molar-refractivity contribution in [2.45, 2.75) is 39.0 Å². The average molecular weight is 256 g/mol. The molecule has 2 aromatic carbocycles. The first-order valence-electron chi connectivity index (χ1n) is 6.44. The second kappa shape index (κ2) is 5.19. The quantitative estimate of drug-likeness (QED) is 0.707. The molecule has 0 heterocycles. The molecule has 0 aliphatic carbocycles. The van der Waals surface area contributed by atoms with Crippen LogP contribution in [0.4, 0.5) is 0 Å². The van der Waals surface area contributed by atoms with Crippen LogP contribution in [-0.2, 0) is 6.42 Å². The SMILES string of the molecule is CCc1c(C)c(C)c(C)c(-c2ccccc2)c1S. The lowest BCUT2D eigenvalue weighted by atomic mass is 9.89. The molecule has 0 bridgehead atoms. The third-order valence-electron chi connectivity index (χ3n) is 3.89. The molecule has 0 N–H and O–H groups in total. The molecule has 0 radical (unpaired) electrons. The van der Waals surface area contributed by atoms with Crippen molar-refractivity contribution >= 4 is 12.6 Å². The summed E-state index contributed by atoms with van der Waals surface area (Å²) in [4.78, 5) is 1.14. The average Bonchev–Trinajstić information content (AvgIpc) is 2.38. The van der Waals surface area contributed by atoms with Crippen LogP contribution in [0.1, 0.15) is 29.2 Å². The van der Waals surface area contributed by atoms with Crippen LogP contribution in [0.25, 0.3) is 11.1 Å². The molecule has 1 heteroatoms. The van der Waals surface area contributed by atoms with E-state index >= 15 is 0 Å². The molecule has 0 aliphatic rings. The largest absolute Gasteiger partial charge is 0.142 e. The summed E-state index contributed by atoms with van der Waals surface area (Å²) in [7, 11) is 0. The smallest absolute Gasteiger partial charge is 0.0156 e. The molecule has 0 amide bonds. The fourth-order valence-corrected chi connectivity index (χ4v) is 3.21. The van der Waals surface area contributed by atoms with Crippen molar-refractivity contribution in [2.24, 2.45) is 0 Å². The van der Waals surface area contributed by atoms with Crippen LogP contribution in [0, 0.1) is 20.8 Å². The Labute approximate surface area is 115 Å². The highest BCUT2D eigenvalue weighted by Gasteiger charge is 2.15. The van der Waals surface area contributed by atoms with E-state index in [1.165, 1.54) is 33.4 Å². The van der Waals surface area contributed by atoms with Crippen LogP contribution in [0.5, 0.6) is 0 Å². The molecule has 18 heavy (non-hydrogen) atoms. The standard InChI is InChI=1S/C17H20S/c1-5-15-12(3)11(2)13(4)16(17(15)18)14-9-7-6-8-10-14/h6-10,18H,5H2,1-4H3. The maximum absolute atomic E-state index is 4.79. The van der Waals surface area contributed by atoms with Gasteiger partial charge in [-0.25, -0.2) is 0 Å². The molecule has 2 aromatic rings. The van der Waals surface area contributed by atoms with Crippen LogP contribution in [0.15, 0.2) is 35.2 Å². The van der Waals surface area contributed by atoms with Crippen molar-refractivity contribution < 1.29 is 0 Å². The number of thiol groups is 1. The van der Waals surface area contributed by atoms with Gasteiger partial charge in [-0.3, -0.25) is 0 Å². The van der Waals surface area contributed by atoms with E-state index in [1.807, 2.05) is 0 Å². The fraction of sp³-hybridized carbons (Fsp3) is 0.294. The van der Waals surface area contributed by atoms with Gasteiger partial charge in [0.2, 0.25) is 0 Å². The van der Waals surface area contributed by atoms with Gasteiger partial charge >= 0.3 is 0 Å². The van der Waals surface area contributed by atoms with Gasteiger partial charge in [0.1, 0.15) is 0 Å². The Morgan fingerprint density at radius 1 is 0.889 bits per heavy atom. The number of hydrogen-bond acceptors (Lipinski definition) is 1. The zero-order chi connectivity index (χ0) is 13.3. The van der Waals surface area contributed by atoms with Crippen molar-refractivity contribution in [3.05, 3.63) is 52.6 Å². The Kier molecular flexibility index (Phi) is 3.82. The Morgan fingerprint density at radius 2 is 1.50 bits per heavy atom. The van der Waals surface area contributed by atoms with Crippen LogP contribution < -0.4 is 0 Å². The molecule has 0 atom stereocenters. The summed E-state index contributed by atoms with van der Waals surface area (Å²) in [6.45, 7) is 8.81. The van der Waals surface area contributed by atoms with E-state index in [0.29, 0.717) is 0 Å². The molecule has 0 aromatic heterocycles. The second-order valence-corrected chi connectivity index (χ2v) is 5.24. The molecule has 2 rings (SSSR count). The first kappa shape index (κ1) is 13.2. The van der Waals surface area contributed by atoms with Gasteiger partial charge < -0.3 is 0 Å². The summed E-state index contributed by atoms with van der Waals surface area (Å²) < 4.78 is 0. The van der Waals surface area contributed by atoms with Crippen molar-refractivity contribution in [1.29, 1.82) is 0 Å². The van der Waals surface area contributed by atoms with Gasteiger partial charge in [0.25, 0.3) is 0 Å². The van der Waals surface area contributed by atoms with Crippen molar-refractivity contribution in [1.82, 2.24) is 0 Å². The third kappa shape index (κ3) is 2.08. The summed E-state index contributed by atoms with van der Waals surface area (Å²) in [6, 6.07) is 10.6. The summed E-state index contributed by atoms with van der Waals surface area (Å²) in [5.41, 5.74) is 8.06. The molecule has 0 fully saturated rings. The Balaban J connectivity index is 2.80. The van der Waals surface area contributed by atoms with Crippen LogP contribution >= 0.6 is 12.6 Å². The molecule has 0 spiro atoms. The molecule has 0 nitrogen and oxygen atoms in total. The molecular weight excluding hydrogens is 236 g/mol. The minimum atomic E-state index is 1.03. The summed E-state index contributed by atoms with van der Waals surface area (Å²) in [6.07, 6.45) is 1.03. The number of hydrogen-bond donors (Lipinski definition) is 1. The molecule has 94 valence electrons. The highest BCUT2D eigenvalue weighted by Crippen LogP contribution is 2.37. The van der Waals surface area contributed by atoms with E-state index in [9.17, 15) is 0 Å². The van der Waals surface area contributed by atoms with Crippen LogP contribution in [0.3, 0.4) is 0 Å². The lowest BCUT2D eigenvalue weighted by Gasteiger charge is -2.19. The molecular formula is C17H20S. The summed E-state index contributed by atoms with van der Waals surface area (Å²) in [5, 5.41) is 0. The van der Waals surface area contributed by atoms with E-state index in [0.717, 1.165) is 11.3 Å². The highest BCUT2D eigenvalue weighted by atomic mass is 32.1. The maximum Gasteiger partial charge on any atom is 0.0156 e. The van der Waals surface area contributed by atoms with Gasteiger partial charge in [0.15, 0.2) is 0 Å². The first-order valence-corrected chi connectivity index (χ1v) is 6.89. The predicted molar refractivity (Wildman–Crippen MR) is 82.7 cm³/mol. The Hall–Kier alpha value is -1.21. The number of benzene rings is 2. The predicted octanol–water partition coefficient (Wildman–Crippen LogP) is 5.13. The minimum Gasteiger partial charge on any atom is -0.142 e. The van der Waals surface area contributed by atoms with Crippen molar-refractivity contribution in [2.75, 3.05) is 0 Å². The summed E-state index contributed by atoms with van der Waals surface area (Å²) >= 11 is 4.79. The molecule has 0 unspecified atom stereocenters. The molecule has 0 aliphatic heterocycles. The van der Waals surface area contributed by atoms with Gasteiger partial charge in [-0.2, -0.15) is 0 Å².